The molecule has 3 aromatic carbocycles. The number of carbonyl (C=O) groups is 1. The average Bonchev–Trinajstić information content (AvgIpc) is 2.79. The lowest BCUT2D eigenvalue weighted by atomic mass is 10.0. The minimum atomic E-state index is -0.244. The van der Waals surface area contributed by atoms with Gasteiger partial charge < -0.3 is 9.88 Å². The molecule has 0 spiro atoms. The van der Waals surface area contributed by atoms with Crippen LogP contribution in [-0.4, -0.2) is 46.9 Å². The quantitative estimate of drug-likeness (QED) is 0.574. The van der Waals surface area contributed by atoms with Crippen LogP contribution in [0.1, 0.15) is 15.9 Å². The molecule has 2 heterocycles. The molecule has 5 nitrogen and oxygen atoms in total. The van der Waals surface area contributed by atoms with Crippen LogP contribution in [0, 0.1) is 0 Å². The lowest BCUT2D eigenvalue weighted by Gasteiger charge is -2.35. The van der Waals surface area contributed by atoms with Gasteiger partial charge >= 0.3 is 0 Å². The first-order valence-electron chi connectivity index (χ1n) is 10.3. The van der Waals surface area contributed by atoms with Crippen molar-refractivity contribution in [3.8, 4) is 0 Å². The van der Waals surface area contributed by atoms with Crippen LogP contribution in [0.3, 0.4) is 0 Å². The Bertz CT molecular complexity index is 1280. The summed E-state index contributed by atoms with van der Waals surface area (Å²) in [5, 5.41) is 3.33. The number of nitrogens with one attached hydrogen (secondary N) is 1. The predicted octanol–water partition coefficient (Wildman–Crippen LogP) is 3.64. The Morgan fingerprint density at radius 1 is 0.833 bits per heavy atom. The number of hydrogen-bond donors (Lipinski definition) is 1. The Morgan fingerprint density at radius 3 is 2.37 bits per heavy atom. The number of hydrogen-bond acceptors (Lipinski definition) is 3. The van der Waals surface area contributed by atoms with Crippen LogP contribution in [0.4, 0.5) is 0 Å². The van der Waals surface area contributed by atoms with Gasteiger partial charge in [-0.05, 0) is 22.4 Å². The molecule has 1 saturated heterocycles. The Kier molecular flexibility index (Phi) is 4.81. The van der Waals surface area contributed by atoms with Crippen LogP contribution in [0.25, 0.3) is 21.7 Å². The molecule has 0 bridgehead atoms. The molecule has 0 atom stereocenters. The number of H-pyrrole nitrogens is 1. The van der Waals surface area contributed by atoms with Crippen molar-refractivity contribution in [3.63, 3.8) is 0 Å². The Morgan fingerprint density at radius 2 is 1.53 bits per heavy atom. The molecule has 1 aromatic heterocycles. The number of benzene rings is 3. The number of rotatable bonds is 3. The summed E-state index contributed by atoms with van der Waals surface area (Å²) >= 11 is 0. The van der Waals surface area contributed by atoms with E-state index in [0.717, 1.165) is 25.0 Å². The molecule has 0 aliphatic carbocycles. The van der Waals surface area contributed by atoms with Crippen molar-refractivity contribution >= 4 is 27.6 Å². The molecule has 5 rings (SSSR count). The van der Waals surface area contributed by atoms with Gasteiger partial charge in [0, 0.05) is 49.7 Å². The minimum Gasteiger partial charge on any atom is -0.336 e. The maximum atomic E-state index is 13.2. The number of piperazine rings is 1. The third-order valence-corrected chi connectivity index (χ3v) is 5.91. The van der Waals surface area contributed by atoms with Gasteiger partial charge in [-0.15, -0.1) is 0 Å². The van der Waals surface area contributed by atoms with Crippen LogP contribution < -0.4 is 5.56 Å². The van der Waals surface area contributed by atoms with E-state index in [4.69, 9.17) is 0 Å². The van der Waals surface area contributed by atoms with Crippen molar-refractivity contribution in [2.45, 2.75) is 6.54 Å². The van der Waals surface area contributed by atoms with Gasteiger partial charge in [0.05, 0.1) is 5.56 Å². The smallest absolute Gasteiger partial charge is 0.254 e. The van der Waals surface area contributed by atoms with Crippen LogP contribution >= 0.6 is 0 Å². The molecule has 0 radical (unpaired) electrons. The first-order chi connectivity index (χ1) is 14.7. The number of aromatic nitrogens is 1. The normalized spacial score (nSPS) is 15.0. The second-order valence-electron chi connectivity index (χ2n) is 7.80. The van der Waals surface area contributed by atoms with Crippen molar-refractivity contribution in [2.24, 2.45) is 0 Å². The topological polar surface area (TPSA) is 56.4 Å². The molecule has 0 unspecified atom stereocenters. The summed E-state index contributed by atoms with van der Waals surface area (Å²) in [6, 6.07) is 23.8. The lowest BCUT2D eigenvalue weighted by Crippen LogP contribution is -2.48. The summed E-state index contributed by atoms with van der Waals surface area (Å²) in [6.07, 6.45) is 0. The third-order valence-electron chi connectivity index (χ3n) is 5.91. The highest BCUT2D eigenvalue weighted by molar-refractivity contribution is 6.06. The zero-order valence-corrected chi connectivity index (χ0v) is 16.7. The predicted molar refractivity (Wildman–Crippen MR) is 120 cm³/mol. The first-order valence-corrected chi connectivity index (χ1v) is 10.3. The van der Waals surface area contributed by atoms with Gasteiger partial charge in [0.2, 0.25) is 5.56 Å². The summed E-state index contributed by atoms with van der Waals surface area (Å²) in [6.45, 7) is 3.82. The highest BCUT2D eigenvalue weighted by Gasteiger charge is 2.24. The summed E-state index contributed by atoms with van der Waals surface area (Å²) in [4.78, 5) is 32.2. The SMILES string of the molecule is O=C(c1cc(=O)[nH]c2ccccc12)N1CCN(Cc2cccc3ccccc23)CC1. The van der Waals surface area contributed by atoms with E-state index in [1.807, 2.05) is 29.2 Å². The van der Waals surface area contributed by atoms with Crippen molar-refractivity contribution in [2.75, 3.05) is 26.2 Å². The van der Waals surface area contributed by atoms with Crippen molar-refractivity contribution in [1.29, 1.82) is 0 Å². The molecule has 150 valence electrons. The number of fused-ring (bicyclic) bond motifs is 2. The van der Waals surface area contributed by atoms with Gasteiger partial charge in [-0.1, -0.05) is 60.7 Å². The highest BCUT2D eigenvalue weighted by atomic mass is 16.2. The molecule has 4 aromatic rings. The van der Waals surface area contributed by atoms with E-state index in [0.29, 0.717) is 24.2 Å². The molecule has 1 fully saturated rings. The van der Waals surface area contributed by atoms with E-state index in [9.17, 15) is 9.59 Å². The Hall–Kier alpha value is -3.44. The van der Waals surface area contributed by atoms with Gasteiger partial charge in [-0.25, -0.2) is 0 Å². The average molecular weight is 397 g/mol. The maximum Gasteiger partial charge on any atom is 0.254 e. The van der Waals surface area contributed by atoms with E-state index in [1.165, 1.54) is 22.4 Å². The molecule has 1 aliphatic heterocycles. The lowest BCUT2D eigenvalue weighted by molar-refractivity contribution is 0.0630. The number of para-hydroxylation sites is 1. The summed E-state index contributed by atoms with van der Waals surface area (Å²) in [7, 11) is 0. The zero-order chi connectivity index (χ0) is 20.5. The highest BCUT2D eigenvalue weighted by Crippen LogP contribution is 2.21. The minimum absolute atomic E-state index is 0.0675. The molecule has 5 heteroatoms. The van der Waals surface area contributed by atoms with Crippen LogP contribution in [0.5, 0.6) is 0 Å². The molecule has 1 amide bonds. The fraction of sp³-hybridized carbons (Fsp3) is 0.200. The fourth-order valence-electron chi connectivity index (χ4n) is 4.33. The fourth-order valence-corrected chi connectivity index (χ4v) is 4.33. The van der Waals surface area contributed by atoms with Crippen LogP contribution in [0.15, 0.2) is 77.6 Å². The first kappa shape index (κ1) is 18.6. The standard InChI is InChI=1S/C25H23N3O2/c29-24-16-22(21-10-3-4-11-23(21)26-24)25(30)28-14-12-27(13-15-28)17-19-8-5-7-18-6-1-2-9-20(18)19/h1-11,16H,12-15,17H2,(H,26,29). The van der Waals surface area contributed by atoms with Gasteiger partial charge in [-0.2, -0.15) is 0 Å². The molecule has 1 aliphatic rings. The van der Waals surface area contributed by atoms with E-state index in [1.54, 1.807) is 0 Å². The molecule has 30 heavy (non-hydrogen) atoms. The van der Waals surface area contributed by atoms with Crippen molar-refractivity contribution in [3.05, 3.63) is 94.3 Å². The summed E-state index contributed by atoms with van der Waals surface area (Å²) in [5.41, 5.74) is 2.25. The van der Waals surface area contributed by atoms with Crippen LogP contribution in [-0.2, 0) is 6.54 Å². The van der Waals surface area contributed by atoms with Crippen LogP contribution in [0.2, 0.25) is 0 Å². The second kappa shape index (κ2) is 7.76. The van der Waals surface area contributed by atoms with E-state index < -0.39 is 0 Å². The van der Waals surface area contributed by atoms with Gasteiger partial charge in [-0.3, -0.25) is 14.5 Å². The number of amides is 1. The zero-order valence-electron chi connectivity index (χ0n) is 16.7. The van der Waals surface area contributed by atoms with Crippen molar-refractivity contribution in [1.82, 2.24) is 14.8 Å². The molecular weight excluding hydrogens is 374 g/mol. The molecular formula is C25H23N3O2. The summed E-state index contributed by atoms with van der Waals surface area (Å²) < 4.78 is 0. The Labute approximate surface area is 174 Å². The second-order valence-corrected chi connectivity index (χ2v) is 7.80. The van der Waals surface area contributed by atoms with Crippen molar-refractivity contribution < 1.29 is 4.79 Å². The summed E-state index contributed by atoms with van der Waals surface area (Å²) in [5.74, 6) is -0.0675. The number of aromatic amines is 1. The monoisotopic (exact) mass is 397 g/mol. The van der Waals surface area contributed by atoms with Gasteiger partial charge in [0.1, 0.15) is 0 Å². The largest absolute Gasteiger partial charge is 0.336 e. The Balaban J connectivity index is 1.32. The maximum absolute atomic E-state index is 13.2. The van der Waals surface area contributed by atoms with E-state index >= 15 is 0 Å². The van der Waals surface area contributed by atoms with E-state index in [-0.39, 0.29) is 11.5 Å². The number of carbonyl (C=O) groups excluding carboxylic acids is 1. The third kappa shape index (κ3) is 3.48. The van der Waals surface area contributed by atoms with Gasteiger partial charge in [0.15, 0.2) is 0 Å². The van der Waals surface area contributed by atoms with E-state index in [2.05, 4.69) is 52.3 Å². The number of nitrogens with zero attached hydrogens (tertiary/aromatic N) is 2. The molecule has 1 N–H and O–H groups in total. The number of pyridine rings is 1. The van der Waals surface area contributed by atoms with Gasteiger partial charge in [0.25, 0.3) is 5.91 Å². The molecule has 0 saturated carbocycles.